The maximum absolute atomic E-state index is 2.51. The van der Waals surface area contributed by atoms with Gasteiger partial charge in [0.05, 0.1) is 5.56 Å². The van der Waals surface area contributed by atoms with Crippen LogP contribution in [0.15, 0.2) is 91.1 Å². The Bertz CT molecular complexity index is 1350. The van der Waals surface area contributed by atoms with Crippen molar-refractivity contribution in [1.82, 2.24) is 0 Å². The normalized spacial score (nSPS) is 14.3. The molecule has 37 heavy (non-hydrogen) atoms. The van der Waals surface area contributed by atoms with Crippen LogP contribution in [-0.2, 0) is 12.5 Å². The zero-order chi connectivity index (χ0) is 25.8. The second-order valence-electron chi connectivity index (χ2n) is 11.3. The van der Waals surface area contributed by atoms with Crippen LogP contribution in [0.2, 0.25) is 0 Å². The number of anilines is 1. The highest BCUT2D eigenvalue weighted by Gasteiger charge is 2.18. The molecular formula is C35H39N2+. The van der Waals surface area contributed by atoms with Crippen LogP contribution in [0.25, 0.3) is 34.5 Å². The molecule has 5 rings (SSSR count). The molecule has 1 aliphatic rings. The van der Waals surface area contributed by atoms with Gasteiger partial charge in [0, 0.05) is 30.4 Å². The molecule has 3 aromatic carbocycles. The summed E-state index contributed by atoms with van der Waals surface area (Å²) in [5.41, 5.74) is 10.2. The van der Waals surface area contributed by atoms with Crippen molar-refractivity contribution < 1.29 is 4.57 Å². The Morgan fingerprint density at radius 3 is 2.05 bits per heavy atom. The summed E-state index contributed by atoms with van der Waals surface area (Å²) in [7, 11) is 2.15. The summed E-state index contributed by atoms with van der Waals surface area (Å²) in [4.78, 5) is 2.51. The summed E-state index contributed by atoms with van der Waals surface area (Å²) < 4.78 is 2.25. The van der Waals surface area contributed by atoms with Gasteiger partial charge >= 0.3 is 0 Å². The van der Waals surface area contributed by atoms with Gasteiger partial charge in [0.25, 0.3) is 0 Å². The largest absolute Gasteiger partial charge is 0.372 e. The Morgan fingerprint density at radius 1 is 0.730 bits per heavy atom. The van der Waals surface area contributed by atoms with E-state index in [1.165, 1.54) is 77.1 Å². The first-order chi connectivity index (χ1) is 17.9. The molecule has 4 aromatic rings. The van der Waals surface area contributed by atoms with Gasteiger partial charge in [-0.3, -0.25) is 0 Å². The van der Waals surface area contributed by atoms with Crippen molar-refractivity contribution in [2.75, 3.05) is 18.0 Å². The monoisotopic (exact) mass is 487 g/mol. The van der Waals surface area contributed by atoms with E-state index < -0.39 is 0 Å². The average molecular weight is 488 g/mol. The molecule has 1 aromatic heterocycles. The molecule has 0 radical (unpaired) electrons. The van der Waals surface area contributed by atoms with E-state index in [9.17, 15) is 0 Å². The van der Waals surface area contributed by atoms with E-state index in [2.05, 4.69) is 141 Å². The highest BCUT2D eigenvalue weighted by atomic mass is 15.1. The first-order valence-electron chi connectivity index (χ1n) is 13.6. The van der Waals surface area contributed by atoms with Crippen molar-refractivity contribution in [3.63, 3.8) is 0 Å². The van der Waals surface area contributed by atoms with E-state index in [1.807, 2.05) is 0 Å². The third-order valence-electron chi connectivity index (χ3n) is 7.51. The van der Waals surface area contributed by atoms with Crippen molar-refractivity contribution in [2.45, 2.75) is 45.4 Å². The van der Waals surface area contributed by atoms with E-state index in [0.29, 0.717) is 0 Å². The molecule has 188 valence electrons. The lowest BCUT2D eigenvalue weighted by Gasteiger charge is -2.28. The minimum absolute atomic E-state index is 0.148. The van der Waals surface area contributed by atoms with Gasteiger partial charge in [-0.05, 0) is 71.2 Å². The average Bonchev–Trinajstić information content (AvgIpc) is 2.93. The van der Waals surface area contributed by atoms with E-state index in [1.54, 1.807) is 0 Å². The van der Waals surface area contributed by atoms with Gasteiger partial charge in [0.1, 0.15) is 7.05 Å². The Balaban J connectivity index is 1.49. The predicted molar refractivity (Wildman–Crippen MR) is 159 cm³/mol. The number of piperidine rings is 1. The predicted octanol–water partition coefficient (Wildman–Crippen LogP) is 8.30. The molecule has 0 unspecified atom stereocenters. The van der Waals surface area contributed by atoms with Crippen LogP contribution in [0.3, 0.4) is 0 Å². The number of benzene rings is 3. The van der Waals surface area contributed by atoms with E-state index in [4.69, 9.17) is 0 Å². The van der Waals surface area contributed by atoms with Crippen LogP contribution in [0.5, 0.6) is 0 Å². The molecule has 0 amide bonds. The zero-order valence-electron chi connectivity index (χ0n) is 22.7. The number of rotatable bonds is 5. The number of aromatic nitrogens is 1. The summed E-state index contributed by atoms with van der Waals surface area (Å²) in [5.74, 6) is 0. The maximum atomic E-state index is 2.51. The number of pyridine rings is 1. The van der Waals surface area contributed by atoms with Crippen molar-refractivity contribution in [3.05, 3.63) is 108 Å². The minimum atomic E-state index is 0.148. The second kappa shape index (κ2) is 10.8. The number of nitrogens with zero attached hydrogens (tertiary/aromatic N) is 2. The maximum Gasteiger partial charge on any atom is 0.212 e. The molecule has 2 heteroatoms. The van der Waals surface area contributed by atoms with Gasteiger partial charge in [-0.15, -0.1) is 0 Å². The van der Waals surface area contributed by atoms with Crippen LogP contribution in [0.1, 0.15) is 56.7 Å². The third kappa shape index (κ3) is 5.85. The van der Waals surface area contributed by atoms with Crippen molar-refractivity contribution >= 4 is 17.8 Å². The van der Waals surface area contributed by atoms with E-state index in [0.717, 1.165) is 0 Å². The third-order valence-corrected chi connectivity index (χ3v) is 7.51. The molecule has 2 heterocycles. The lowest BCUT2D eigenvalue weighted by Crippen LogP contribution is -2.31. The molecule has 0 bridgehead atoms. The molecule has 0 saturated carbocycles. The smallest absolute Gasteiger partial charge is 0.212 e. The Hall–Kier alpha value is -3.65. The van der Waals surface area contributed by atoms with Gasteiger partial charge in [0.15, 0.2) is 6.20 Å². The Morgan fingerprint density at radius 2 is 1.41 bits per heavy atom. The molecule has 2 nitrogen and oxygen atoms in total. The quantitative estimate of drug-likeness (QED) is 0.257. The minimum Gasteiger partial charge on any atom is -0.372 e. The van der Waals surface area contributed by atoms with Gasteiger partial charge < -0.3 is 4.90 Å². The second-order valence-corrected chi connectivity index (χ2v) is 11.3. The van der Waals surface area contributed by atoms with Crippen LogP contribution in [0.4, 0.5) is 5.69 Å². The van der Waals surface area contributed by atoms with Crippen molar-refractivity contribution in [2.24, 2.45) is 7.05 Å². The summed E-state index contributed by atoms with van der Waals surface area (Å²) in [6.07, 6.45) is 10.7. The molecule has 0 spiro atoms. The molecular weight excluding hydrogens is 448 g/mol. The van der Waals surface area contributed by atoms with Crippen molar-refractivity contribution in [3.8, 4) is 22.4 Å². The van der Waals surface area contributed by atoms with Gasteiger partial charge in [-0.2, -0.15) is 0 Å². The van der Waals surface area contributed by atoms with E-state index >= 15 is 0 Å². The van der Waals surface area contributed by atoms with Crippen LogP contribution in [-0.4, -0.2) is 13.1 Å². The SMILES string of the molecule is C[n+]1cc(-c2ccccc2)c(/C=C/c2ccc(N3CCCCC3)cc2)cc1-c1ccc(C(C)(C)C)cc1. The molecule has 0 atom stereocenters. The highest BCUT2D eigenvalue weighted by Crippen LogP contribution is 2.30. The van der Waals surface area contributed by atoms with Crippen molar-refractivity contribution in [1.29, 1.82) is 0 Å². The first kappa shape index (κ1) is 25.0. The molecule has 0 aliphatic carbocycles. The molecule has 1 aliphatic heterocycles. The van der Waals surface area contributed by atoms with Gasteiger partial charge in [-0.25, -0.2) is 4.57 Å². The fraction of sp³-hybridized carbons (Fsp3) is 0.286. The fourth-order valence-electron chi connectivity index (χ4n) is 5.22. The summed E-state index contributed by atoms with van der Waals surface area (Å²) in [5, 5.41) is 0. The number of aryl methyl sites for hydroxylation is 1. The van der Waals surface area contributed by atoms with E-state index in [-0.39, 0.29) is 5.41 Å². The standard InChI is InChI=1S/C35H39N2/c1-35(2,3)31-19-17-29(18-20-31)34-25-30(33(26-36(34)4)28-11-7-5-8-12-28)16-13-27-14-21-32(22-15-27)37-23-9-6-10-24-37/h5,7-8,11-22,25-26H,6,9-10,23-24H2,1-4H3/q+1. The molecule has 1 fully saturated rings. The van der Waals surface area contributed by atoms with Crippen LogP contribution >= 0.6 is 0 Å². The van der Waals surface area contributed by atoms with Gasteiger partial charge in [-0.1, -0.05) is 87.5 Å². The lowest BCUT2D eigenvalue weighted by molar-refractivity contribution is -0.659. The topological polar surface area (TPSA) is 7.12 Å². The highest BCUT2D eigenvalue weighted by molar-refractivity contribution is 5.82. The number of hydrogen-bond donors (Lipinski definition) is 0. The summed E-state index contributed by atoms with van der Waals surface area (Å²) in [6.45, 7) is 9.14. The summed E-state index contributed by atoms with van der Waals surface area (Å²) in [6, 6.07) is 31.1. The Kier molecular flexibility index (Phi) is 7.28. The lowest BCUT2D eigenvalue weighted by atomic mass is 9.86. The van der Waals surface area contributed by atoms with Crippen LogP contribution in [0, 0.1) is 0 Å². The van der Waals surface area contributed by atoms with Gasteiger partial charge in [0.2, 0.25) is 5.69 Å². The molecule has 0 N–H and O–H groups in total. The Labute approximate surface area is 222 Å². The first-order valence-corrected chi connectivity index (χ1v) is 13.6. The molecule has 1 saturated heterocycles. The van der Waals surface area contributed by atoms with Crippen LogP contribution < -0.4 is 9.47 Å². The zero-order valence-corrected chi connectivity index (χ0v) is 22.7. The number of hydrogen-bond acceptors (Lipinski definition) is 1. The fourth-order valence-corrected chi connectivity index (χ4v) is 5.22. The summed E-state index contributed by atoms with van der Waals surface area (Å²) >= 11 is 0.